The molecule has 202 valence electrons. The normalized spacial score (nSPS) is 40.3. The van der Waals surface area contributed by atoms with Crippen LogP contribution in [0.1, 0.15) is 89.5 Å². The molecular weight excluding hydrogens is 466 g/mol. The molecule has 7 atom stereocenters. The molecule has 1 aromatic rings. The van der Waals surface area contributed by atoms with Crippen molar-refractivity contribution >= 4 is 5.97 Å². The van der Waals surface area contributed by atoms with Crippen molar-refractivity contribution in [3.63, 3.8) is 0 Å². The molecule has 0 amide bonds. The molecule has 3 saturated carbocycles. The van der Waals surface area contributed by atoms with E-state index in [1.54, 1.807) is 17.9 Å². The zero-order chi connectivity index (χ0) is 25.8. The number of carbonyl (C=O) groups excluding carboxylic acids is 1. The first-order chi connectivity index (χ1) is 17.8. The smallest absolute Gasteiger partial charge is 0.335 e. The van der Waals surface area contributed by atoms with Gasteiger partial charge in [-0.1, -0.05) is 25.5 Å². The minimum absolute atomic E-state index is 0.0502. The quantitative estimate of drug-likeness (QED) is 0.452. The topological polar surface area (TPSA) is 80.0 Å². The molecule has 7 unspecified atom stereocenters. The zero-order valence-electron chi connectivity index (χ0n) is 22.5. The van der Waals surface area contributed by atoms with Crippen LogP contribution in [0.5, 0.6) is 0 Å². The molecule has 37 heavy (non-hydrogen) atoms. The summed E-state index contributed by atoms with van der Waals surface area (Å²) in [7, 11) is 0. The first-order valence-electron chi connectivity index (χ1n) is 14.7. The van der Waals surface area contributed by atoms with Gasteiger partial charge in [0.2, 0.25) is 0 Å². The van der Waals surface area contributed by atoms with E-state index in [1.807, 2.05) is 6.07 Å². The molecule has 0 aromatic carbocycles. The lowest BCUT2D eigenvalue weighted by Crippen LogP contribution is -2.52. The lowest BCUT2D eigenvalue weighted by molar-refractivity contribution is -0.159. The van der Waals surface area contributed by atoms with Crippen molar-refractivity contribution in [3.05, 3.63) is 46.0 Å². The molecule has 0 radical (unpaired) electrons. The van der Waals surface area contributed by atoms with Gasteiger partial charge in [-0.25, -0.2) is 4.79 Å². The molecule has 0 bridgehead atoms. The van der Waals surface area contributed by atoms with Crippen molar-refractivity contribution in [2.45, 2.75) is 96.2 Å². The fourth-order valence-corrected chi connectivity index (χ4v) is 9.21. The number of hydrogen-bond acceptors (Lipinski definition) is 6. The molecule has 1 N–H and O–H groups in total. The summed E-state index contributed by atoms with van der Waals surface area (Å²) >= 11 is 0. The maximum atomic E-state index is 12.7. The van der Waals surface area contributed by atoms with Crippen molar-refractivity contribution in [3.8, 4) is 0 Å². The highest BCUT2D eigenvalue weighted by atomic mass is 16.5. The molecule has 5 aliphatic rings. The van der Waals surface area contributed by atoms with Gasteiger partial charge in [-0.15, -0.1) is 0 Å². The molecule has 4 aliphatic carbocycles. The first kappa shape index (κ1) is 25.4. The van der Waals surface area contributed by atoms with E-state index in [-0.39, 0.29) is 29.2 Å². The van der Waals surface area contributed by atoms with Gasteiger partial charge in [0.25, 0.3) is 0 Å². The molecule has 1 aliphatic heterocycles. The van der Waals surface area contributed by atoms with Gasteiger partial charge in [0.15, 0.2) is 0 Å². The second-order valence-corrected chi connectivity index (χ2v) is 13.2. The van der Waals surface area contributed by atoms with Crippen LogP contribution < -0.4 is 5.63 Å². The molecule has 6 nitrogen and oxygen atoms in total. The predicted octanol–water partition coefficient (Wildman–Crippen LogP) is 5.05. The third-order valence-corrected chi connectivity index (χ3v) is 11.4. The van der Waals surface area contributed by atoms with Gasteiger partial charge < -0.3 is 14.3 Å². The molecule has 6 rings (SSSR count). The number of allylic oxidation sites excluding steroid dienone is 2. The predicted molar refractivity (Wildman–Crippen MR) is 141 cm³/mol. The number of aliphatic hydroxyl groups excluding tert-OH is 1. The minimum atomic E-state index is -0.275. The van der Waals surface area contributed by atoms with E-state index in [0.29, 0.717) is 35.6 Å². The zero-order valence-corrected chi connectivity index (χ0v) is 22.5. The molecule has 6 heteroatoms. The number of nitrogens with zero attached hydrogens (tertiary/aromatic N) is 1. The number of piperidine rings is 1. The van der Waals surface area contributed by atoms with Gasteiger partial charge in [-0.3, -0.25) is 9.69 Å². The Morgan fingerprint density at radius 3 is 2.68 bits per heavy atom. The highest BCUT2D eigenvalue weighted by molar-refractivity contribution is 5.71. The monoisotopic (exact) mass is 509 g/mol. The number of likely N-dealkylation sites (tertiary alicyclic amines) is 1. The van der Waals surface area contributed by atoms with Crippen LogP contribution >= 0.6 is 0 Å². The average Bonchev–Trinajstić information content (AvgIpc) is 3.23. The Morgan fingerprint density at radius 2 is 1.92 bits per heavy atom. The summed E-state index contributed by atoms with van der Waals surface area (Å²) in [4.78, 5) is 26.3. The summed E-state index contributed by atoms with van der Waals surface area (Å²) in [5.41, 5.74) is 3.02. The number of hydrogen-bond donors (Lipinski definition) is 1. The van der Waals surface area contributed by atoms with Crippen molar-refractivity contribution in [1.82, 2.24) is 4.90 Å². The molecule has 0 spiro atoms. The number of ether oxygens (including phenoxy) is 1. The average molecular weight is 510 g/mol. The van der Waals surface area contributed by atoms with Crippen molar-refractivity contribution in [2.75, 3.05) is 19.6 Å². The fraction of sp³-hybridized carbons (Fsp3) is 0.742. The van der Waals surface area contributed by atoms with Crippen molar-refractivity contribution in [1.29, 1.82) is 0 Å². The van der Waals surface area contributed by atoms with E-state index in [2.05, 4.69) is 24.8 Å². The number of rotatable bonds is 4. The molecular formula is C31H43NO5. The van der Waals surface area contributed by atoms with Gasteiger partial charge in [-0.2, -0.15) is 0 Å². The standard InChI is InChI=1S/C31H43NO5/c1-30-13-9-23(37-29(35)18-32-15-11-22(33)12-16-32)17-21(30)4-5-24-26-7-6-25(20-3-8-28(34)36-19-20)31(26,2)14-10-27(24)30/h3,7-8,19,21-25,27,33H,4-6,9-18H2,1-2H3. The molecule has 1 aromatic heterocycles. The lowest BCUT2D eigenvalue weighted by atomic mass is 9.46. The van der Waals surface area contributed by atoms with Crippen LogP contribution in [0.2, 0.25) is 0 Å². The SMILES string of the molecule is CC12CCC3C(CCC4CC(OC(=O)CN5CCC(O)CC5)CCC43C)C1=CCC2c1ccc(=O)oc1. The van der Waals surface area contributed by atoms with Gasteiger partial charge in [0.1, 0.15) is 6.10 Å². The summed E-state index contributed by atoms with van der Waals surface area (Å²) in [5, 5.41) is 9.72. The number of aliphatic hydroxyl groups is 1. The van der Waals surface area contributed by atoms with E-state index >= 15 is 0 Å². The van der Waals surface area contributed by atoms with Gasteiger partial charge in [0, 0.05) is 19.2 Å². The Bertz CT molecular complexity index is 1080. The third kappa shape index (κ3) is 4.52. The Morgan fingerprint density at radius 1 is 1.11 bits per heavy atom. The second-order valence-electron chi connectivity index (χ2n) is 13.2. The molecule has 4 fully saturated rings. The van der Waals surface area contributed by atoms with E-state index in [1.165, 1.54) is 25.7 Å². The first-order valence-corrected chi connectivity index (χ1v) is 14.7. The van der Waals surface area contributed by atoms with Crippen molar-refractivity contribution in [2.24, 2.45) is 28.6 Å². The lowest BCUT2D eigenvalue weighted by Gasteiger charge is -2.59. The second kappa shape index (κ2) is 9.68. The Hall–Kier alpha value is -1.92. The minimum Gasteiger partial charge on any atom is -0.461 e. The third-order valence-electron chi connectivity index (χ3n) is 11.4. The van der Waals surface area contributed by atoms with Crippen LogP contribution in [0.25, 0.3) is 0 Å². The molecule has 2 heterocycles. The van der Waals surface area contributed by atoms with Crippen LogP contribution in [0.4, 0.5) is 0 Å². The summed E-state index contributed by atoms with van der Waals surface area (Å²) in [6, 6.07) is 3.54. The van der Waals surface area contributed by atoms with Gasteiger partial charge >= 0.3 is 11.6 Å². The maximum Gasteiger partial charge on any atom is 0.335 e. The Kier molecular flexibility index (Phi) is 6.63. The van der Waals surface area contributed by atoms with Crippen LogP contribution in [0, 0.1) is 28.6 Å². The van der Waals surface area contributed by atoms with E-state index < -0.39 is 0 Å². The highest BCUT2D eigenvalue weighted by Crippen LogP contribution is 2.67. The summed E-state index contributed by atoms with van der Waals surface area (Å²) < 4.78 is 11.3. The van der Waals surface area contributed by atoms with Crippen LogP contribution in [-0.2, 0) is 9.53 Å². The van der Waals surface area contributed by atoms with E-state index in [9.17, 15) is 14.7 Å². The summed E-state index contributed by atoms with van der Waals surface area (Å²) in [6.45, 7) is 6.89. The van der Waals surface area contributed by atoms with E-state index in [0.717, 1.165) is 57.2 Å². The fourth-order valence-electron chi connectivity index (χ4n) is 9.21. The Balaban J connectivity index is 1.10. The number of fused-ring (bicyclic) bond motifs is 5. The summed E-state index contributed by atoms with van der Waals surface area (Å²) in [6.07, 6.45) is 14.6. The van der Waals surface area contributed by atoms with Crippen LogP contribution in [-0.4, -0.2) is 47.8 Å². The van der Waals surface area contributed by atoms with Crippen LogP contribution in [0.15, 0.2) is 39.3 Å². The maximum absolute atomic E-state index is 12.7. The van der Waals surface area contributed by atoms with Gasteiger partial charge in [-0.05, 0) is 110 Å². The van der Waals surface area contributed by atoms with Crippen LogP contribution in [0.3, 0.4) is 0 Å². The summed E-state index contributed by atoms with van der Waals surface area (Å²) in [5.74, 6) is 2.28. The Labute approximate surface area is 220 Å². The number of esters is 1. The van der Waals surface area contributed by atoms with Gasteiger partial charge in [0.05, 0.1) is 18.9 Å². The van der Waals surface area contributed by atoms with Crippen molar-refractivity contribution < 1.29 is 19.1 Å². The van der Waals surface area contributed by atoms with E-state index in [4.69, 9.17) is 9.15 Å². The highest BCUT2D eigenvalue weighted by Gasteiger charge is 2.58. The number of carbonyl (C=O) groups is 1. The largest absolute Gasteiger partial charge is 0.461 e. The molecule has 1 saturated heterocycles.